The first kappa shape index (κ1) is 157. The molecule has 10 rings (SSSR count). The minimum absolute atomic E-state index is 0. The number of fused-ring (bicyclic) bond motifs is 1. The number of rotatable bonds is 17. The second kappa shape index (κ2) is 89.8. The van der Waals surface area contributed by atoms with Crippen LogP contribution in [0.2, 0.25) is 0 Å². The van der Waals surface area contributed by atoms with Gasteiger partial charge in [-0.1, -0.05) is 260 Å². The molecule has 1 heterocycles. The molecular formula is C98H132Br6Cl9CrF3Mo2N8O10VW3+. The fraction of sp³-hybridized carbons (Fsp3) is 0.367. The molecule has 0 amide bonds. The average Bonchev–Trinajstić information content (AvgIpc) is 1.68. The van der Waals surface area contributed by atoms with Crippen LogP contribution in [-0.4, -0.2) is 103 Å². The molecular weight excluding hydrogens is 3150 g/mol. The Bertz CT molecular complexity index is 5000. The van der Waals surface area contributed by atoms with Gasteiger partial charge >= 0.3 is 231 Å². The van der Waals surface area contributed by atoms with Gasteiger partial charge in [0.25, 0.3) is 12.4 Å². The Kier molecular flexibility index (Phi) is 99.9. The van der Waals surface area contributed by atoms with E-state index in [2.05, 4.69) is 251 Å². The summed E-state index contributed by atoms with van der Waals surface area (Å²) in [4.78, 5) is 28.5. The summed E-state index contributed by atoms with van der Waals surface area (Å²) in [7, 11) is 24.7. The third kappa shape index (κ3) is 71.6. The van der Waals surface area contributed by atoms with E-state index in [1.807, 2.05) is 193 Å². The summed E-state index contributed by atoms with van der Waals surface area (Å²) in [5, 5.41) is 69.0. The van der Waals surface area contributed by atoms with Crippen LogP contribution in [0.5, 0.6) is 46.0 Å². The fourth-order valence-electron chi connectivity index (χ4n) is 11.1. The van der Waals surface area contributed by atoms with Crippen LogP contribution in [0.25, 0.3) is 0 Å². The van der Waals surface area contributed by atoms with Crippen molar-refractivity contribution in [1.29, 1.82) is 0 Å². The topological polar surface area (TPSA) is 275 Å². The molecule has 0 spiro atoms. The van der Waals surface area contributed by atoms with Crippen LogP contribution in [0.1, 0.15) is 256 Å². The number of halogens is 18. The summed E-state index contributed by atoms with van der Waals surface area (Å²) in [5.74, 6) is 5.12. The summed E-state index contributed by atoms with van der Waals surface area (Å²) in [6.07, 6.45) is 6.91. The van der Waals surface area contributed by atoms with Crippen LogP contribution in [-0.2, 0) is 115 Å². The van der Waals surface area contributed by atoms with E-state index >= 15 is 0 Å². The van der Waals surface area contributed by atoms with E-state index in [-0.39, 0.29) is 116 Å². The smallest absolute Gasteiger partial charge is 0 e. The minimum atomic E-state index is -4.47. The van der Waals surface area contributed by atoms with E-state index in [0.717, 1.165) is 62.4 Å². The Morgan fingerprint density at radius 3 is 1.03 bits per heavy atom. The van der Waals surface area contributed by atoms with Crippen molar-refractivity contribution in [2.24, 2.45) is 46.3 Å². The van der Waals surface area contributed by atoms with E-state index in [1.54, 1.807) is 49.1 Å². The summed E-state index contributed by atoms with van der Waals surface area (Å²) < 4.78 is 59.7. The van der Waals surface area contributed by atoms with E-state index in [4.69, 9.17) is 59.9 Å². The molecule has 0 saturated heterocycles. The quantitative estimate of drug-likeness (QED) is 0.0257. The number of hydrogen-bond acceptors (Lipinski definition) is 17. The molecule has 18 nitrogen and oxygen atoms in total. The van der Waals surface area contributed by atoms with E-state index < -0.39 is 42.7 Å². The Labute approximate surface area is 978 Å². The Morgan fingerprint density at radius 2 is 0.752 bits per heavy atom. The number of benzene rings is 9. The van der Waals surface area contributed by atoms with Gasteiger partial charge in [-0.05, 0) is 179 Å². The Hall–Kier alpha value is -1.82. The Morgan fingerprint density at radius 1 is 0.475 bits per heavy atom. The van der Waals surface area contributed by atoms with Crippen LogP contribution < -0.4 is 4.74 Å². The first-order valence-corrected chi connectivity index (χ1v) is 91.3. The summed E-state index contributed by atoms with van der Waals surface area (Å²) >= 11 is 16.5. The molecule has 0 fully saturated rings. The van der Waals surface area contributed by atoms with Gasteiger partial charge in [-0.25, -0.2) is 4.99 Å². The number of aryl methyl sites for hydroxylation is 2. The molecule has 9 aromatic rings. The second-order valence-corrected chi connectivity index (χ2v) is 113. The maximum absolute atomic E-state index is 11.9. The third-order valence-electron chi connectivity index (χ3n) is 17.3. The van der Waals surface area contributed by atoms with Crippen LogP contribution in [0.15, 0.2) is 205 Å². The van der Waals surface area contributed by atoms with Crippen molar-refractivity contribution in [3.8, 4) is 46.0 Å². The summed E-state index contributed by atoms with van der Waals surface area (Å²) in [6.45, 7) is 53.0. The summed E-state index contributed by atoms with van der Waals surface area (Å²) in [5.41, 5.74) is 14.5. The first-order chi connectivity index (χ1) is 63.6. The van der Waals surface area contributed by atoms with Gasteiger partial charge in [-0.2, -0.15) is 17.7 Å². The van der Waals surface area contributed by atoms with Gasteiger partial charge in [0.1, 0.15) is 93.0 Å². The summed E-state index contributed by atoms with van der Waals surface area (Å²) in [6, 6.07) is 52.8. The second-order valence-electron chi connectivity index (χ2n) is 32.0. The number of aliphatic imine (C=N–C) groups is 7. The fourth-order valence-corrected chi connectivity index (χ4v) is 11.1. The SMILES string of the molecule is C=[N+]1COc2c(C(C)C)cccc21.CC(C)C=Nc1cccc(C(C)C)c1O.CC(C)c1cccc(N=CC(C)(C)C)c1O.CC(C)c1cccc(N=CC(F)(F)F)c1O.CC=Nc1cccc(C(C)C)c1O.CC=Nc1cccc(C(C)C)c1O.CCC=Nc1cccc(C(C)C)c1O.Cc1cc(C)c(O)c(N=Cc2ccccc2)c1.Cl.Cl.Cl.Cl.[Br][Mo]([Br])[Br].[Br][W]([Br])[Br].[Cl][Cr][Cl].[Cl][W]([Cl])[Cl].[O]=[Mo].[O]=[W].[V]. The molecule has 0 unspecified atom stereocenters. The molecule has 1 aliphatic heterocycles. The zero-order valence-electron chi connectivity index (χ0n) is 82.7. The molecule has 0 atom stereocenters. The van der Waals surface area contributed by atoms with Crippen molar-refractivity contribution in [3.63, 3.8) is 0 Å². The van der Waals surface area contributed by atoms with Crippen molar-refractivity contribution >= 4 is 273 Å². The van der Waals surface area contributed by atoms with Crippen molar-refractivity contribution in [1.82, 2.24) is 0 Å². The zero-order chi connectivity index (χ0) is 105. The molecule has 9 aromatic carbocycles. The standard InChI is InChI=1S/C15H15NO.C14H21NO.C13H19NO.C12H17NO.C11H12F3NO.C11H14NO.2C11H15NO.6BrH.9ClH.Cr.2Mo.2O.V.3W/c1-11-8-12(2)15(17)14(9-11)16-10-13-6-4-3-5-7-13;1-10(2)11-7-6-8-12(13(11)16)15-9-14(3,4)5;1-9(2)8-14-12-7-5-6-11(10(3)4)13(12)15;1-4-8-13-11-7-5-6-10(9(2)3)12(11)14;1-7(2)8-4-3-5-9(10(8)16)15-6-11(12,13)14;1-8(2)9-5-4-6-10-11(9)13-7-12(10)3;2*1-4-12-10-7-5-6-9(8(2)3)11(10)13;;;;;;;;;;;;;;;;;;;;;;;;/h3-10,17H,1-2H3;6-10,16H,1-5H3;5-10,15H,1-4H3;5-9,14H,4H2,1-3H3;3-7,16H,1-2H3;4-6,8H,3,7H2,1-2H3;2*4-8,13H,1-3H3;15*1H;;;;;;;;;/q;;;;;+1;;;;;;;;;;;;;;;;;;+2;;+3;;;;;2*+3/p-11. The van der Waals surface area contributed by atoms with Crippen molar-refractivity contribution in [3.05, 3.63) is 225 Å². The number of phenolic OH excluding ortho intramolecular Hbond substituents is 7. The van der Waals surface area contributed by atoms with Crippen LogP contribution >= 0.6 is 178 Å². The number of phenols is 7. The molecule has 1 aliphatic rings. The van der Waals surface area contributed by atoms with Gasteiger partial charge in [0.2, 0.25) is 5.75 Å². The minimum Gasteiger partial charge on any atom is 0 e. The normalized spacial score (nSPS) is 11.0. The van der Waals surface area contributed by atoms with Crippen molar-refractivity contribution in [2.75, 3.05) is 6.73 Å². The third-order valence-corrected chi connectivity index (χ3v) is 17.3. The van der Waals surface area contributed by atoms with Gasteiger partial charge in [0.05, 0.1) is 0 Å². The Balaban J connectivity index is -0.000000196. The molecule has 0 saturated carbocycles. The van der Waals surface area contributed by atoms with Crippen LogP contribution in [0.3, 0.4) is 0 Å². The zero-order valence-corrected chi connectivity index (χ0v) is 115. The predicted molar refractivity (Wildman–Crippen MR) is 602 cm³/mol. The van der Waals surface area contributed by atoms with Gasteiger partial charge in [-0.15, -0.1) is 49.6 Å². The van der Waals surface area contributed by atoms with Gasteiger partial charge < -0.3 is 40.5 Å². The van der Waals surface area contributed by atoms with Crippen LogP contribution in [0, 0.1) is 25.2 Å². The van der Waals surface area contributed by atoms with E-state index in [9.17, 15) is 48.9 Å². The predicted octanol–water partition coefficient (Wildman–Crippen LogP) is 38.2. The molecule has 790 valence electrons. The van der Waals surface area contributed by atoms with Gasteiger partial charge in [-0.3, -0.25) is 30.0 Å². The number of aromatic hydroxyl groups is 7. The number of para-hydroxylation sites is 7. The monoisotopic (exact) mass is 3280 g/mol. The number of ether oxygens (including phenoxy) is 1. The molecule has 0 aromatic heterocycles. The number of hydrogen-bond donors (Lipinski definition) is 7. The largest absolute Gasteiger partial charge is 0 e. The van der Waals surface area contributed by atoms with E-state index in [1.165, 1.54) is 11.6 Å². The van der Waals surface area contributed by atoms with Crippen molar-refractivity contribution < 1.29 is 173 Å². The molecule has 7 N–H and O–H groups in total. The van der Waals surface area contributed by atoms with Gasteiger partial charge in [0.15, 0.2) is 0 Å². The molecule has 0 aliphatic carbocycles. The number of nitrogens with zero attached hydrogens (tertiary/aromatic N) is 8. The first-order valence-electron chi connectivity index (χ1n) is 41.9. The molecule has 0 bridgehead atoms. The van der Waals surface area contributed by atoms with Gasteiger partial charge in [0, 0.05) is 67.5 Å². The van der Waals surface area contributed by atoms with E-state index in [0.29, 0.717) is 156 Å². The molecule has 1 radical (unpaired) electrons. The van der Waals surface area contributed by atoms with Crippen molar-refractivity contribution in [2.45, 2.75) is 220 Å². The maximum atomic E-state index is 11.9. The number of alkyl halides is 3. The average molecular weight is 3280 g/mol. The molecule has 141 heavy (non-hydrogen) atoms. The van der Waals surface area contributed by atoms with Crippen LogP contribution in [0.4, 0.5) is 58.7 Å². The molecule has 43 heteroatoms. The maximum Gasteiger partial charge on any atom is 0 e.